The number of nitrogens with zero attached hydrogens (tertiary/aromatic N) is 1. The number of carboxylic acid groups (broad SMARTS) is 1. The highest BCUT2D eigenvalue weighted by Crippen LogP contribution is 2.16. The lowest BCUT2D eigenvalue weighted by Gasteiger charge is -2.15. The Morgan fingerprint density at radius 3 is 2.65 bits per heavy atom. The van der Waals surface area contributed by atoms with Gasteiger partial charge < -0.3 is 10.4 Å². The molecule has 1 aromatic rings. The number of imide groups is 1. The molecule has 1 aliphatic rings. The van der Waals surface area contributed by atoms with Gasteiger partial charge >= 0.3 is 5.97 Å². The highest BCUT2D eigenvalue weighted by Gasteiger charge is 2.37. The smallest absolute Gasteiger partial charge is 0.304 e. The molecule has 1 atom stereocenters. The number of carbonyl (C=O) groups excluding carboxylic acids is 2. The van der Waals surface area contributed by atoms with Gasteiger partial charge in [0, 0.05) is 6.54 Å². The van der Waals surface area contributed by atoms with Crippen LogP contribution in [0.4, 0.5) is 0 Å². The second-order valence-corrected chi connectivity index (χ2v) is 4.66. The summed E-state index contributed by atoms with van der Waals surface area (Å²) in [5.41, 5.74) is 0.889. The molecule has 0 saturated carbocycles. The molecule has 2 amide bonds. The first kappa shape index (κ1) is 14.2. The minimum Gasteiger partial charge on any atom is -0.481 e. The Balaban J connectivity index is 1.93. The van der Waals surface area contributed by atoms with Gasteiger partial charge in [0.25, 0.3) is 0 Å². The fourth-order valence-corrected chi connectivity index (χ4v) is 2.13. The Morgan fingerprint density at radius 2 is 2.00 bits per heavy atom. The first-order chi connectivity index (χ1) is 9.58. The van der Waals surface area contributed by atoms with Gasteiger partial charge in [0.1, 0.15) is 0 Å². The Hall–Kier alpha value is -2.21. The van der Waals surface area contributed by atoms with Gasteiger partial charge in [-0.2, -0.15) is 0 Å². The molecule has 0 unspecified atom stereocenters. The van der Waals surface area contributed by atoms with E-state index in [1.165, 1.54) is 4.90 Å². The Morgan fingerprint density at radius 1 is 1.30 bits per heavy atom. The van der Waals surface area contributed by atoms with Crippen LogP contribution in [0.3, 0.4) is 0 Å². The van der Waals surface area contributed by atoms with E-state index in [0.717, 1.165) is 5.56 Å². The topological polar surface area (TPSA) is 86.7 Å². The summed E-state index contributed by atoms with van der Waals surface area (Å²) < 4.78 is 0. The summed E-state index contributed by atoms with van der Waals surface area (Å²) in [6.45, 7) is 0.438. The molecule has 20 heavy (non-hydrogen) atoms. The van der Waals surface area contributed by atoms with E-state index in [0.29, 0.717) is 0 Å². The van der Waals surface area contributed by atoms with Crippen LogP contribution in [0.25, 0.3) is 0 Å². The summed E-state index contributed by atoms with van der Waals surface area (Å²) in [6.07, 6.45) is 0.0158. The molecule has 1 aromatic carbocycles. The molecule has 2 rings (SSSR count). The van der Waals surface area contributed by atoms with E-state index < -0.39 is 12.0 Å². The molecular weight excluding hydrogens is 260 g/mol. The normalized spacial score (nSPS) is 18.6. The SMILES string of the molecule is O=C(O)CCN[C@@H]1CC(=O)N(Cc2ccccc2)C1=O. The quantitative estimate of drug-likeness (QED) is 0.733. The van der Waals surface area contributed by atoms with E-state index in [9.17, 15) is 14.4 Å². The Labute approximate surface area is 116 Å². The van der Waals surface area contributed by atoms with Gasteiger partial charge in [-0.25, -0.2) is 0 Å². The van der Waals surface area contributed by atoms with Crippen molar-refractivity contribution in [2.75, 3.05) is 6.54 Å². The monoisotopic (exact) mass is 276 g/mol. The van der Waals surface area contributed by atoms with E-state index in [4.69, 9.17) is 5.11 Å². The van der Waals surface area contributed by atoms with Crippen LogP contribution in [0, 0.1) is 0 Å². The van der Waals surface area contributed by atoms with E-state index in [2.05, 4.69) is 5.32 Å². The first-order valence-corrected chi connectivity index (χ1v) is 6.41. The van der Waals surface area contributed by atoms with Gasteiger partial charge in [-0.3, -0.25) is 19.3 Å². The number of carbonyl (C=O) groups is 3. The zero-order chi connectivity index (χ0) is 14.5. The van der Waals surface area contributed by atoms with Crippen LogP contribution in [0.1, 0.15) is 18.4 Å². The lowest BCUT2D eigenvalue weighted by atomic mass is 10.2. The summed E-state index contributed by atoms with van der Waals surface area (Å²) in [5.74, 6) is -1.45. The third kappa shape index (κ3) is 3.42. The largest absolute Gasteiger partial charge is 0.481 e. The molecule has 1 heterocycles. The summed E-state index contributed by atoms with van der Waals surface area (Å²) in [6, 6.07) is 8.67. The van der Waals surface area contributed by atoms with Crippen molar-refractivity contribution in [3.8, 4) is 0 Å². The molecule has 0 spiro atoms. The number of benzene rings is 1. The summed E-state index contributed by atoms with van der Waals surface area (Å²) in [5, 5.41) is 11.4. The molecule has 106 valence electrons. The third-order valence-corrected chi connectivity index (χ3v) is 3.16. The Bertz CT molecular complexity index is 515. The lowest BCUT2D eigenvalue weighted by Crippen LogP contribution is -2.39. The number of hydrogen-bond donors (Lipinski definition) is 2. The maximum absolute atomic E-state index is 12.1. The first-order valence-electron chi connectivity index (χ1n) is 6.41. The van der Waals surface area contributed by atoms with Gasteiger partial charge in [0.05, 0.1) is 25.4 Å². The summed E-state index contributed by atoms with van der Waals surface area (Å²) in [7, 11) is 0. The van der Waals surface area contributed by atoms with Crippen molar-refractivity contribution < 1.29 is 19.5 Å². The second-order valence-electron chi connectivity index (χ2n) is 4.66. The van der Waals surface area contributed by atoms with E-state index in [-0.39, 0.29) is 37.7 Å². The Kier molecular flexibility index (Phi) is 4.47. The zero-order valence-corrected chi connectivity index (χ0v) is 10.9. The number of carboxylic acids is 1. The van der Waals surface area contributed by atoms with Gasteiger partial charge in [-0.1, -0.05) is 30.3 Å². The molecule has 0 radical (unpaired) electrons. The van der Waals surface area contributed by atoms with Crippen molar-refractivity contribution in [1.82, 2.24) is 10.2 Å². The molecular formula is C14H16N2O4. The number of likely N-dealkylation sites (tertiary alicyclic amines) is 1. The molecule has 0 aliphatic carbocycles. The average Bonchev–Trinajstić information content (AvgIpc) is 2.67. The maximum Gasteiger partial charge on any atom is 0.304 e. The molecule has 1 fully saturated rings. The maximum atomic E-state index is 12.1. The molecule has 2 N–H and O–H groups in total. The van der Waals surface area contributed by atoms with Crippen molar-refractivity contribution >= 4 is 17.8 Å². The van der Waals surface area contributed by atoms with Crippen molar-refractivity contribution in [3.63, 3.8) is 0 Å². The fourth-order valence-electron chi connectivity index (χ4n) is 2.13. The van der Waals surface area contributed by atoms with Crippen LogP contribution in [0.15, 0.2) is 30.3 Å². The van der Waals surface area contributed by atoms with Crippen LogP contribution < -0.4 is 5.32 Å². The number of aliphatic carboxylic acids is 1. The van der Waals surface area contributed by atoms with Crippen molar-refractivity contribution in [2.45, 2.75) is 25.4 Å². The second kappa shape index (κ2) is 6.29. The highest BCUT2D eigenvalue weighted by molar-refractivity contribution is 6.05. The van der Waals surface area contributed by atoms with E-state index in [1.807, 2.05) is 30.3 Å². The van der Waals surface area contributed by atoms with Crippen LogP contribution >= 0.6 is 0 Å². The van der Waals surface area contributed by atoms with E-state index >= 15 is 0 Å². The number of rotatable bonds is 6. The van der Waals surface area contributed by atoms with Gasteiger partial charge in [-0.05, 0) is 5.56 Å². The van der Waals surface area contributed by atoms with Crippen LogP contribution in [0.2, 0.25) is 0 Å². The molecule has 6 nitrogen and oxygen atoms in total. The van der Waals surface area contributed by atoms with Gasteiger partial charge in [0.15, 0.2) is 0 Å². The fraction of sp³-hybridized carbons (Fsp3) is 0.357. The summed E-state index contributed by atoms with van der Waals surface area (Å²) in [4.78, 5) is 35.6. The third-order valence-electron chi connectivity index (χ3n) is 3.16. The molecule has 1 aliphatic heterocycles. The number of amides is 2. The predicted octanol–water partition coefficient (Wildman–Crippen LogP) is 0.378. The van der Waals surface area contributed by atoms with Crippen molar-refractivity contribution in [3.05, 3.63) is 35.9 Å². The van der Waals surface area contributed by atoms with Crippen LogP contribution in [0.5, 0.6) is 0 Å². The van der Waals surface area contributed by atoms with Gasteiger partial charge in [0.2, 0.25) is 11.8 Å². The molecule has 0 aromatic heterocycles. The minimum absolute atomic E-state index is 0.0728. The van der Waals surface area contributed by atoms with Crippen LogP contribution in [-0.4, -0.2) is 40.4 Å². The van der Waals surface area contributed by atoms with Crippen molar-refractivity contribution in [2.24, 2.45) is 0 Å². The average molecular weight is 276 g/mol. The lowest BCUT2D eigenvalue weighted by molar-refractivity contribution is -0.140. The zero-order valence-electron chi connectivity index (χ0n) is 10.9. The van der Waals surface area contributed by atoms with Gasteiger partial charge in [-0.15, -0.1) is 0 Å². The molecule has 6 heteroatoms. The van der Waals surface area contributed by atoms with Crippen LogP contribution in [-0.2, 0) is 20.9 Å². The standard InChI is InChI=1S/C14H16N2O4/c17-12-8-11(15-7-6-13(18)19)14(20)16(12)9-10-4-2-1-3-5-10/h1-5,11,15H,6-9H2,(H,18,19)/t11-/m1/s1. The minimum atomic E-state index is -0.935. The summed E-state index contributed by atoms with van der Waals surface area (Å²) >= 11 is 0. The number of hydrogen-bond acceptors (Lipinski definition) is 4. The highest BCUT2D eigenvalue weighted by atomic mass is 16.4. The molecule has 0 bridgehead atoms. The number of nitrogens with one attached hydrogen (secondary N) is 1. The predicted molar refractivity (Wildman–Crippen MR) is 70.7 cm³/mol. The van der Waals surface area contributed by atoms with E-state index in [1.54, 1.807) is 0 Å². The van der Waals surface area contributed by atoms with Crippen molar-refractivity contribution in [1.29, 1.82) is 0 Å². The molecule has 1 saturated heterocycles.